The van der Waals surface area contributed by atoms with E-state index in [4.69, 9.17) is 5.11 Å². The van der Waals surface area contributed by atoms with Crippen LogP contribution in [0.15, 0.2) is 0 Å². The Labute approximate surface area is 83.1 Å². The minimum atomic E-state index is 0.711. The third kappa shape index (κ3) is 11.9. The summed E-state index contributed by atoms with van der Waals surface area (Å²) in [5, 5.41) is 10.3. The molecule has 0 heterocycles. The van der Waals surface area contributed by atoms with E-state index in [0.717, 1.165) is 7.11 Å². The summed E-state index contributed by atoms with van der Waals surface area (Å²) < 4.78 is 0. The van der Waals surface area contributed by atoms with Gasteiger partial charge in [0, 0.05) is 13.2 Å². The van der Waals surface area contributed by atoms with E-state index in [1.165, 1.54) is 25.8 Å². The summed E-state index contributed by atoms with van der Waals surface area (Å²) in [5.74, 6) is 0. The highest BCUT2D eigenvalue weighted by Crippen LogP contribution is 2.00. The van der Waals surface area contributed by atoms with E-state index in [2.05, 4.69) is 38.3 Å². The summed E-state index contributed by atoms with van der Waals surface area (Å²) in [6.45, 7) is 3.42. The van der Waals surface area contributed by atoms with Crippen LogP contribution in [0.3, 0.4) is 0 Å². The number of hydrogen-bond donors (Lipinski definition) is 2. The number of nitrogens with zero attached hydrogens (tertiary/aromatic N) is 1. The van der Waals surface area contributed by atoms with Gasteiger partial charge in [0.05, 0.1) is 0 Å². The van der Waals surface area contributed by atoms with Gasteiger partial charge in [-0.1, -0.05) is 13.3 Å². The summed E-state index contributed by atoms with van der Waals surface area (Å²) in [5.41, 5.74) is 0. The van der Waals surface area contributed by atoms with Crippen molar-refractivity contribution in [3.8, 4) is 0 Å². The highest BCUT2D eigenvalue weighted by Gasteiger charge is 2.03. The molecule has 0 aliphatic carbocycles. The predicted octanol–water partition coefficient (Wildman–Crippen LogP) is 0.935. The molecule has 0 aromatic carbocycles. The van der Waals surface area contributed by atoms with Crippen molar-refractivity contribution in [2.45, 2.75) is 32.2 Å². The van der Waals surface area contributed by atoms with Gasteiger partial charge in [0.15, 0.2) is 0 Å². The Morgan fingerprint density at radius 3 is 2.08 bits per heavy atom. The van der Waals surface area contributed by atoms with E-state index in [1.807, 2.05) is 0 Å². The topological polar surface area (TPSA) is 35.5 Å². The zero-order valence-corrected chi connectivity index (χ0v) is 9.80. The van der Waals surface area contributed by atoms with Crippen molar-refractivity contribution >= 4 is 0 Å². The van der Waals surface area contributed by atoms with Gasteiger partial charge in [-0.3, -0.25) is 0 Å². The molecular formula is C10H26N2O. The minimum Gasteiger partial charge on any atom is -0.400 e. The summed E-state index contributed by atoms with van der Waals surface area (Å²) in [6, 6.07) is 0.711. The van der Waals surface area contributed by atoms with Crippen LogP contribution in [-0.2, 0) is 0 Å². The molecule has 0 amide bonds. The molecule has 0 aromatic rings. The van der Waals surface area contributed by atoms with Gasteiger partial charge in [-0.2, -0.15) is 0 Å². The molecule has 0 saturated heterocycles. The van der Waals surface area contributed by atoms with Crippen LogP contribution in [0, 0.1) is 0 Å². The molecule has 3 nitrogen and oxygen atoms in total. The maximum absolute atomic E-state index is 7.00. The van der Waals surface area contributed by atoms with E-state index in [1.54, 1.807) is 0 Å². The van der Waals surface area contributed by atoms with Crippen LogP contribution in [0.1, 0.15) is 26.2 Å². The molecule has 0 fully saturated rings. The average Bonchev–Trinajstić information content (AvgIpc) is 2.15. The molecule has 13 heavy (non-hydrogen) atoms. The fourth-order valence-electron chi connectivity index (χ4n) is 1.20. The quantitative estimate of drug-likeness (QED) is 0.654. The smallest absolute Gasteiger partial charge is 0.0319 e. The van der Waals surface area contributed by atoms with Gasteiger partial charge in [-0.05, 0) is 40.5 Å². The molecular weight excluding hydrogens is 164 g/mol. The van der Waals surface area contributed by atoms with Gasteiger partial charge < -0.3 is 15.3 Å². The number of hydrogen-bond acceptors (Lipinski definition) is 3. The Hall–Kier alpha value is -0.120. The lowest BCUT2D eigenvalue weighted by Crippen LogP contribution is -2.29. The lowest BCUT2D eigenvalue weighted by Gasteiger charge is -2.17. The number of nitrogens with one attached hydrogen (secondary N) is 1. The van der Waals surface area contributed by atoms with Crippen LogP contribution in [0.2, 0.25) is 0 Å². The first-order valence-electron chi connectivity index (χ1n) is 4.97. The van der Waals surface area contributed by atoms with Gasteiger partial charge >= 0.3 is 0 Å². The monoisotopic (exact) mass is 190 g/mol. The van der Waals surface area contributed by atoms with Crippen LogP contribution in [0.25, 0.3) is 0 Å². The maximum Gasteiger partial charge on any atom is 0.0319 e. The summed E-state index contributed by atoms with van der Waals surface area (Å²) in [6.07, 6.45) is 3.83. The highest BCUT2D eigenvalue weighted by atomic mass is 16.2. The Kier molecular flexibility index (Phi) is 14.0. The van der Waals surface area contributed by atoms with Crippen molar-refractivity contribution in [1.29, 1.82) is 0 Å². The number of aliphatic hydroxyl groups excluding tert-OH is 1. The van der Waals surface area contributed by atoms with Gasteiger partial charge in [-0.15, -0.1) is 0 Å². The summed E-state index contributed by atoms with van der Waals surface area (Å²) in [4.78, 5) is 2.24. The molecule has 0 rings (SSSR count). The van der Waals surface area contributed by atoms with Crippen molar-refractivity contribution in [2.24, 2.45) is 0 Å². The molecule has 1 atom stereocenters. The second-order valence-electron chi connectivity index (χ2n) is 3.37. The minimum absolute atomic E-state index is 0.711. The van der Waals surface area contributed by atoms with Gasteiger partial charge in [-0.25, -0.2) is 0 Å². The first-order valence-corrected chi connectivity index (χ1v) is 4.97. The van der Waals surface area contributed by atoms with Crippen LogP contribution in [0.5, 0.6) is 0 Å². The Morgan fingerprint density at radius 2 is 1.77 bits per heavy atom. The van der Waals surface area contributed by atoms with E-state index in [-0.39, 0.29) is 0 Å². The van der Waals surface area contributed by atoms with Crippen LogP contribution < -0.4 is 5.32 Å². The van der Waals surface area contributed by atoms with Gasteiger partial charge in [0.1, 0.15) is 0 Å². The van der Waals surface area contributed by atoms with Crippen molar-refractivity contribution in [2.75, 3.05) is 34.8 Å². The fourth-order valence-corrected chi connectivity index (χ4v) is 1.20. The summed E-state index contributed by atoms with van der Waals surface area (Å²) >= 11 is 0. The molecule has 82 valence electrons. The molecule has 1 unspecified atom stereocenters. The Morgan fingerprint density at radius 1 is 1.23 bits per heavy atom. The molecule has 0 radical (unpaired) electrons. The largest absolute Gasteiger partial charge is 0.400 e. The van der Waals surface area contributed by atoms with E-state index < -0.39 is 0 Å². The molecule has 0 spiro atoms. The Balaban J connectivity index is 0. The van der Waals surface area contributed by atoms with Gasteiger partial charge in [0.2, 0.25) is 0 Å². The third-order valence-corrected chi connectivity index (χ3v) is 1.97. The third-order valence-electron chi connectivity index (χ3n) is 1.97. The van der Waals surface area contributed by atoms with Crippen LogP contribution in [0.4, 0.5) is 0 Å². The van der Waals surface area contributed by atoms with Crippen molar-refractivity contribution < 1.29 is 5.11 Å². The van der Waals surface area contributed by atoms with Gasteiger partial charge in [0.25, 0.3) is 0 Å². The molecule has 0 aliphatic heterocycles. The van der Waals surface area contributed by atoms with Crippen molar-refractivity contribution in [3.05, 3.63) is 0 Å². The lowest BCUT2D eigenvalue weighted by atomic mass is 10.1. The second-order valence-corrected chi connectivity index (χ2v) is 3.37. The standard InChI is InChI=1S/C9H22N2.CH4O/c1-5-6-9(10-2)7-8-11(3)4;1-2/h9-10H,5-8H2,1-4H3;2H,1H3. The predicted molar refractivity (Wildman–Crippen MR) is 59.1 cm³/mol. The van der Waals surface area contributed by atoms with E-state index >= 15 is 0 Å². The Bertz CT molecular complexity index is 87.0. The molecule has 3 heteroatoms. The SMILES string of the molecule is CCCC(CCN(C)C)NC.CO. The van der Waals surface area contributed by atoms with Crippen LogP contribution in [-0.4, -0.2) is 50.8 Å². The fraction of sp³-hybridized carbons (Fsp3) is 1.00. The average molecular weight is 190 g/mol. The molecule has 0 aliphatic rings. The normalized spacial score (nSPS) is 12.2. The molecule has 0 aromatic heterocycles. The highest BCUT2D eigenvalue weighted by molar-refractivity contribution is 4.64. The first kappa shape index (κ1) is 15.4. The van der Waals surface area contributed by atoms with E-state index in [9.17, 15) is 0 Å². The summed E-state index contributed by atoms with van der Waals surface area (Å²) in [7, 11) is 7.30. The zero-order chi connectivity index (χ0) is 10.7. The maximum atomic E-state index is 7.00. The first-order chi connectivity index (χ1) is 6.20. The molecule has 0 bridgehead atoms. The van der Waals surface area contributed by atoms with Crippen molar-refractivity contribution in [3.63, 3.8) is 0 Å². The number of aliphatic hydroxyl groups is 1. The molecule has 2 N–H and O–H groups in total. The zero-order valence-electron chi connectivity index (χ0n) is 9.80. The van der Waals surface area contributed by atoms with Crippen LogP contribution >= 0.6 is 0 Å². The number of rotatable bonds is 6. The lowest BCUT2D eigenvalue weighted by molar-refractivity contribution is 0.356. The van der Waals surface area contributed by atoms with E-state index in [0.29, 0.717) is 6.04 Å². The van der Waals surface area contributed by atoms with Crippen molar-refractivity contribution in [1.82, 2.24) is 10.2 Å². The molecule has 0 saturated carbocycles. The second kappa shape index (κ2) is 11.9.